The molecule has 0 bridgehead atoms. The normalized spacial score (nSPS) is 25.8. The molecule has 1 aromatic carbocycles. The third-order valence-electron chi connectivity index (χ3n) is 2.90. The van der Waals surface area contributed by atoms with Crippen molar-refractivity contribution in [3.05, 3.63) is 30.3 Å². The van der Waals surface area contributed by atoms with Crippen LogP contribution in [0.1, 0.15) is 25.7 Å². The Labute approximate surface area is 97.7 Å². The van der Waals surface area contributed by atoms with Crippen molar-refractivity contribution in [1.82, 2.24) is 0 Å². The van der Waals surface area contributed by atoms with Gasteiger partial charge in [-0.2, -0.15) is 0 Å². The molecule has 0 aliphatic heterocycles. The van der Waals surface area contributed by atoms with Crippen molar-refractivity contribution in [3.63, 3.8) is 0 Å². The predicted molar refractivity (Wildman–Crippen MR) is 63.2 cm³/mol. The molecule has 1 nitrogen and oxygen atoms in total. The van der Waals surface area contributed by atoms with Gasteiger partial charge in [0.05, 0.1) is 0 Å². The van der Waals surface area contributed by atoms with Gasteiger partial charge in [-0.1, -0.05) is 0 Å². The summed E-state index contributed by atoms with van der Waals surface area (Å²) in [7, 11) is 0. The fourth-order valence-corrected chi connectivity index (χ4v) is 4.81. The molecule has 1 fully saturated rings. The van der Waals surface area contributed by atoms with Gasteiger partial charge in [-0.15, -0.1) is 0 Å². The molecule has 1 saturated carbocycles. The first-order valence-corrected chi connectivity index (χ1v) is 7.36. The molecule has 2 rings (SSSR count). The van der Waals surface area contributed by atoms with E-state index in [2.05, 4.69) is 36.4 Å². The second-order valence-electron chi connectivity index (χ2n) is 3.99. The van der Waals surface area contributed by atoms with Crippen molar-refractivity contribution in [2.24, 2.45) is 5.92 Å². The molecule has 1 aliphatic rings. The summed E-state index contributed by atoms with van der Waals surface area (Å²) in [5, 5.41) is 9.10. The Balaban J connectivity index is 2.01. The molecular formula is C13H15NSe. The average Bonchev–Trinajstić information content (AvgIpc) is 2.31. The van der Waals surface area contributed by atoms with E-state index in [9.17, 15) is 0 Å². The van der Waals surface area contributed by atoms with Crippen LogP contribution >= 0.6 is 0 Å². The van der Waals surface area contributed by atoms with Crippen molar-refractivity contribution in [1.29, 1.82) is 5.26 Å². The van der Waals surface area contributed by atoms with Crippen LogP contribution in [0.4, 0.5) is 0 Å². The van der Waals surface area contributed by atoms with Gasteiger partial charge in [0.25, 0.3) is 0 Å². The zero-order chi connectivity index (χ0) is 10.5. The number of nitriles is 1. The van der Waals surface area contributed by atoms with Crippen LogP contribution in [-0.4, -0.2) is 15.0 Å². The van der Waals surface area contributed by atoms with Crippen molar-refractivity contribution >= 4 is 19.4 Å². The Bertz CT molecular complexity index is 341. The van der Waals surface area contributed by atoms with Crippen molar-refractivity contribution < 1.29 is 0 Å². The van der Waals surface area contributed by atoms with E-state index in [1.165, 1.54) is 23.7 Å². The van der Waals surface area contributed by atoms with E-state index < -0.39 is 0 Å². The van der Waals surface area contributed by atoms with Gasteiger partial charge in [-0.05, 0) is 0 Å². The molecule has 1 aliphatic carbocycles. The van der Waals surface area contributed by atoms with E-state index in [0.29, 0.717) is 25.7 Å². The molecular weight excluding hydrogens is 249 g/mol. The van der Waals surface area contributed by atoms with Gasteiger partial charge in [0.15, 0.2) is 0 Å². The van der Waals surface area contributed by atoms with Crippen LogP contribution in [-0.2, 0) is 0 Å². The third kappa shape index (κ3) is 2.84. The van der Waals surface area contributed by atoms with E-state index in [1.54, 1.807) is 0 Å². The molecule has 0 aromatic heterocycles. The third-order valence-corrected chi connectivity index (χ3v) is 5.86. The van der Waals surface area contributed by atoms with Gasteiger partial charge in [0.1, 0.15) is 0 Å². The van der Waals surface area contributed by atoms with Gasteiger partial charge < -0.3 is 0 Å². The SMILES string of the molecule is N#C[C@@H]1CCCC[C@H]1[Se]c1ccccc1. The summed E-state index contributed by atoms with van der Waals surface area (Å²) in [6.07, 6.45) is 4.94. The van der Waals surface area contributed by atoms with Crippen LogP contribution in [0.5, 0.6) is 0 Å². The summed E-state index contributed by atoms with van der Waals surface area (Å²) < 4.78 is 1.44. The summed E-state index contributed by atoms with van der Waals surface area (Å²) in [6.45, 7) is 0. The molecule has 15 heavy (non-hydrogen) atoms. The molecule has 0 spiro atoms. The molecule has 78 valence electrons. The van der Waals surface area contributed by atoms with Crippen molar-refractivity contribution in [3.8, 4) is 6.07 Å². The molecule has 1 aromatic rings. The molecule has 0 N–H and O–H groups in total. The fraction of sp³-hybridized carbons (Fsp3) is 0.462. The minimum absolute atomic E-state index is 0.318. The number of benzene rings is 1. The molecule has 0 heterocycles. The summed E-state index contributed by atoms with van der Waals surface area (Å²) in [6, 6.07) is 13.1. The summed E-state index contributed by atoms with van der Waals surface area (Å²) in [4.78, 5) is 0.652. The number of hydrogen-bond acceptors (Lipinski definition) is 1. The molecule has 0 amide bonds. The second kappa shape index (κ2) is 5.35. The fourth-order valence-electron chi connectivity index (χ4n) is 2.06. The van der Waals surface area contributed by atoms with Crippen molar-refractivity contribution in [2.45, 2.75) is 30.5 Å². The van der Waals surface area contributed by atoms with Crippen LogP contribution in [0.15, 0.2) is 30.3 Å². The standard InChI is InChI=1S/C13H15NSe/c14-10-11-6-4-5-9-13(11)15-12-7-2-1-3-8-12/h1-3,7-8,11,13H,4-6,9H2/t11-,13+/m0/s1. The first kappa shape index (κ1) is 10.7. The van der Waals surface area contributed by atoms with Gasteiger partial charge in [0.2, 0.25) is 0 Å². The molecule has 2 heteroatoms. The van der Waals surface area contributed by atoms with E-state index in [-0.39, 0.29) is 0 Å². The molecule has 0 unspecified atom stereocenters. The van der Waals surface area contributed by atoms with E-state index >= 15 is 0 Å². The first-order valence-electron chi connectivity index (χ1n) is 5.51. The summed E-state index contributed by atoms with van der Waals surface area (Å²) in [5.41, 5.74) is 0. The number of nitrogens with zero attached hydrogens (tertiary/aromatic N) is 1. The first-order chi connectivity index (χ1) is 7.40. The van der Waals surface area contributed by atoms with Gasteiger partial charge in [0, 0.05) is 0 Å². The van der Waals surface area contributed by atoms with E-state index in [1.807, 2.05) is 0 Å². The maximum atomic E-state index is 9.10. The predicted octanol–water partition coefficient (Wildman–Crippen LogP) is 2.52. The van der Waals surface area contributed by atoms with Crippen LogP contribution in [0.2, 0.25) is 4.82 Å². The Kier molecular flexibility index (Phi) is 3.83. The molecule has 0 radical (unpaired) electrons. The van der Waals surface area contributed by atoms with Crippen LogP contribution in [0, 0.1) is 17.2 Å². The Morgan fingerprint density at radius 3 is 2.60 bits per heavy atom. The Morgan fingerprint density at radius 1 is 1.13 bits per heavy atom. The van der Waals surface area contributed by atoms with E-state index in [0.717, 1.165) is 6.42 Å². The summed E-state index contributed by atoms with van der Waals surface area (Å²) in [5.74, 6) is 0.318. The zero-order valence-electron chi connectivity index (χ0n) is 8.73. The monoisotopic (exact) mass is 265 g/mol. The van der Waals surface area contributed by atoms with Gasteiger partial charge in [-0.25, -0.2) is 0 Å². The van der Waals surface area contributed by atoms with Gasteiger partial charge >= 0.3 is 97.5 Å². The maximum absolute atomic E-state index is 9.10. The van der Waals surface area contributed by atoms with Crippen LogP contribution < -0.4 is 4.46 Å². The van der Waals surface area contributed by atoms with Crippen LogP contribution in [0.25, 0.3) is 0 Å². The van der Waals surface area contributed by atoms with Crippen molar-refractivity contribution in [2.75, 3.05) is 0 Å². The Morgan fingerprint density at radius 2 is 1.87 bits per heavy atom. The molecule has 2 atom stereocenters. The number of hydrogen-bond donors (Lipinski definition) is 0. The summed E-state index contributed by atoms with van der Waals surface area (Å²) >= 11 is 0.488. The number of rotatable bonds is 2. The minimum atomic E-state index is 0.318. The zero-order valence-corrected chi connectivity index (χ0v) is 10.4. The average molecular weight is 264 g/mol. The Hall–Kier alpha value is -0.771. The molecule has 0 saturated heterocycles. The van der Waals surface area contributed by atoms with Gasteiger partial charge in [-0.3, -0.25) is 0 Å². The topological polar surface area (TPSA) is 23.8 Å². The van der Waals surface area contributed by atoms with E-state index in [4.69, 9.17) is 5.26 Å². The second-order valence-corrected chi connectivity index (χ2v) is 6.74. The van der Waals surface area contributed by atoms with Crippen LogP contribution in [0.3, 0.4) is 0 Å². The quantitative estimate of drug-likeness (QED) is 0.753.